The van der Waals surface area contributed by atoms with Crippen LogP contribution in [0.5, 0.6) is 0 Å². The van der Waals surface area contributed by atoms with Crippen molar-refractivity contribution in [2.75, 3.05) is 93.0 Å². The van der Waals surface area contributed by atoms with Gasteiger partial charge in [-0.05, 0) is 176 Å². The van der Waals surface area contributed by atoms with Gasteiger partial charge in [0.25, 0.3) is 17.7 Å². The van der Waals surface area contributed by atoms with Gasteiger partial charge in [-0.3, -0.25) is 87.3 Å². The van der Waals surface area contributed by atoms with E-state index in [0.29, 0.717) is 45.4 Å². The topological polar surface area (TPSA) is 865 Å². The Kier molecular flexibility index (Phi) is 55.0. The Morgan fingerprint density at radius 2 is 0.614 bits per heavy atom. The second-order valence-electron chi connectivity index (χ2n) is 30.0. The Labute approximate surface area is 767 Å². The number of nitrogen functional groups attached to an aromatic ring is 6. The molecular weight excluding hydrogens is 1910 g/mol. The number of aromatic nitrogens is 6. The fraction of sp³-hybridized carbons (Fsp3) is 0.576. The van der Waals surface area contributed by atoms with E-state index in [-0.39, 0.29) is 139 Å². The number of alkyl halides is 3. The molecule has 127 heavy (non-hydrogen) atoms. The molecule has 52 nitrogen and oxygen atoms in total. The van der Waals surface area contributed by atoms with Gasteiger partial charge in [-0.15, -0.1) is 28.4 Å². The lowest BCUT2D eigenvalue weighted by molar-refractivity contribution is -0.0436. The number of amides is 9. The van der Waals surface area contributed by atoms with Gasteiger partial charge in [0.2, 0.25) is 17.9 Å². The lowest BCUT2D eigenvalue weighted by atomic mass is 10.2. The lowest BCUT2D eigenvalue weighted by Gasteiger charge is -2.22. The minimum atomic E-state index is -6.03. The molecule has 0 aliphatic rings. The molecule has 3 rings (SSSR count). The third kappa shape index (κ3) is 61.5. The Balaban J connectivity index is -0.000000749. The van der Waals surface area contributed by atoms with Crippen molar-refractivity contribution in [2.24, 2.45) is 69.5 Å². The van der Waals surface area contributed by atoms with E-state index in [1.54, 1.807) is 100.0 Å². The summed E-state index contributed by atoms with van der Waals surface area (Å²) in [5.74, 6) is -4.71. The van der Waals surface area contributed by atoms with Gasteiger partial charge in [-0.25, -0.2) is 58.7 Å². The molecule has 3 heterocycles. The van der Waals surface area contributed by atoms with E-state index in [4.69, 9.17) is 143 Å². The van der Waals surface area contributed by atoms with Crippen molar-refractivity contribution in [2.45, 2.75) is 189 Å². The van der Waals surface area contributed by atoms with Crippen molar-refractivity contribution < 1.29 is 93.2 Å². The highest BCUT2D eigenvalue weighted by atomic mass is 127. The van der Waals surface area contributed by atoms with Crippen LogP contribution >= 0.6 is 70.5 Å². The number of carbonyl (C=O) groups excluding carboxylic acids is 9. The summed E-state index contributed by atoms with van der Waals surface area (Å²) in [5, 5.41) is 26.4. The summed E-state index contributed by atoms with van der Waals surface area (Å²) in [4.78, 5) is 149. The van der Waals surface area contributed by atoms with Gasteiger partial charge >= 0.3 is 52.1 Å². The standard InChI is InChI=1S/C20H33ClN10O5.C14H28N4O4.C12H20F3N3O6S.C10H17ClN10O.C7H9ClN6OS.C3H10N2.HI/c1-19(2,3)35-17(33)30-16(31-18(34)36-20(4,5)6)26-9-7-8-25-15(24)29-14(32)10-12(22)28-13(23)11(21)27-10;1-13(2,3)21-11(19)17-10(16-9-7-8-15)18-12(20)22-14(4,5)6;1-10(2,3)23-8(19)16-7(17-9(20)24-11(4,5)6)18-25(21,22)12(13,14)15;11-5-7(13)20-6(12)4(19-5)8(22)21-10(16)18-3-1-2-17-9(14)15;1-16-7(11)14-6(15)2-4(9)13-5(10)3(8)12-2;4-2-1-3-5;/h7-9H2,1-6H3,(H4,22,23,28)(H3,24,25,29,32)(H2,26,30,31,33,34);7-9,15H2,1-6H3,(H2,16,17,18,19,20);1-6H3,(H2,16,17,18,19,20);1-3H2,(H4,12,13,20)(H4,14,15,17)(H3,16,18,21,22);1H3,(H4,9,10,13)(H2,11,14,15);1-5H2;1H. The Morgan fingerprint density at radius 1 is 0.378 bits per heavy atom. The predicted octanol–water partition coefficient (Wildman–Crippen LogP) is 3.35. The SMILES string of the molecule is CC(C)(C)OC(=O)NC(=NCCCN)NC(=O)OC(C)(C)C.CC(C)(C)OC(=O)NC(=NCCCN=C(N)NC(=O)c1nc(Cl)c(N)nc1N)NC(=O)OC(C)(C)C.CC(C)(C)OC(=O)NC(=NS(=O)(=O)C(F)(F)F)NC(=O)OC(C)(C)C.CSC(=N)NC(=O)c1nc(Cl)c(N)nc1N.I.NC(N)=NCCCN=C(N)NC(=O)c1nc(Cl)c(N)nc1N.NCCCN. The fourth-order valence-electron chi connectivity index (χ4n) is 6.68. The molecule has 0 radical (unpaired) electrons. The second kappa shape index (κ2) is 57.3. The third-order valence-electron chi connectivity index (χ3n) is 11.3. The second-order valence-corrected chi connectivity index (χ2v) is 33.5. The summed E-state index contributed by atoms with van der Waals surface area (Å²) in [6, 6.07) is 0. The molecule has 0 bridgehead atoms. The van der Waals surface area contributed by atoms with Crippen molar-refractivity contribution >= 4 is 211 Å². The Morgan fingerprint density at radius 3 is 0.843 bits per heavy atom. The monoisotopic (exact) mass is 2030 g/mol. The number of nitrogens with one attached hydrogen (secondary N) is 10. The highest BCUT2D eigenvalue weighted by molar-refractivity contribution is 14.0. The molecule has 0 aliphatic heterocycles. The molecule has 0 saturated heterocycles. The Bertz CT molecular complexity index is 4380. The normalized spacial score (nSPS) is 11.3. The van der Waals surface area contributed by atoms with E-state index in [1.807, 2.05) is 0 Å². The summed E-state index contributed by atoms with van der Waals surface area (Å²) < 4.78 is 91.9. The predicted molar refractivity (Wildman–Crippen MR) is 489 cm³/mol. The van der Waals surface area contributed by atoms with Crippen LogP contribution in [0.1, 0.15) is 182 Å². The number of ether oxygens (including phenoxy) is 6. The number of amidine groups is 1. The van der Waals surface area contributed by atoms with Gasteiger partial charge in [0.1, 0.15) is 33.6 Å². The molecule has 36 N–H and O–H groups in total. The molecule has 0 fully saturated rings. The van der Waals surface area contributed by atoms with E-state index in [0.717, 1.165) is 31.3 Å². The number of thioether (sulfide) groups is 1. The number of rotatable bonds is 17. The first kappa shape index (κ1) is 122. The molecular formula is C66H118Cl3F3IN35O17S2. The zero-order valence-corrected chi connectivity index (χ0v) is 79.5. The molecule has 3 aromatic heterocycles. The summed E-state index contributed by atoms with van der Waals surface area (Å²) in [5.41, 5.74) is 58.7. The molecule has 61 heteroatoms. The first-order chi connectivity index (χ1) is 57.4. The maximum Gasteiger partial charge on any atom is 0.518 e. The van der Waals surface area contributed by atoms with Crippen LogP contribution in [0.4, 0.5) is 76.8 Å². The maximum absolute atomic E-state index is 12.4. The first-order valence-corrected chi connectivity index (χ1v) is 40.3. The number of alkyl carbamates (subject to hydrolysis) is 6. The molecule has 0 unspecified atom stereocenters. The molecule has 0 atom stereocenters. The summed E-state index contributed by atoms with van der Waals surface area (Å²) in [6.07, 6.45) is -1.61. The average molecular weight is 2030 g/mol. The summed E-state index contributed by atoms with van der Waals surface area (Å²) in [6.45, 7) is 32.5. The Hall–Kier alpha value is -11.5. The third-order valence-corrected chi connectivity index (χ3v) is 13.6. The van der Waals surface area contributed by atoms with Gasteiger partial charge in [0.05, 0.1) is 0 Å². The van der Waals surface area contributed by atoms with E-state index < -0.39 is 109 Å². The number of anilines is 6. The number of hydrogen-bond donors (Lipinski definition) is 23. The van der Waals surface area contributed by atoms with Crippen LogP contribution < -0.4 is 122 Å². The van der Waals surface area contributed by atoms with Crippen LogP contribution in [-0.4, -0.2) is 231 Å². The van der Waals surface area contributed by atoms with Crippen LogP contribution in [0.15, 0.2) is 29.4 Å². The number of guanidine groups is 6. The zero-order chi connectivity index (χ0) is 98.5. The van der Waals surface area contributed by atoms with E-state index >= 15 is 0 Å². The van der Waals surface area contributed by atoms with Crippen molar-refractivity contribution in [3.05, 3.63) is 32.5 Å². The smallest absolute Gasteiger partial charge is 0.444 e. The van der Waals surface area contributed by atoms with E-state index in [1.165, 1.54) is 41.5 Å². The van der Waals surface area contributed by atoms with Crippen molar-refractivity contribution in [3.8, 4) is 0 Å². The van der Waals surface area contributed by atoms with E-state index in [2.05, 4.69) is 96.5 Å². The first-order valence-electron chi connectivity index (χ1n) is 36.5. The number of nitrogens with zero attached hydrogens (tertiary/aromatic N) is 12. The molecule has 0 saturated carbocycles. The quantitative estimate of drug-likeness (QED) is 0.0303. The minimum Gasteiger partial charge on any atom is -0.444 e. The molecule has 0 aliphatic carbocycles. The average Bonchev–Trinajstić information content (AvgIpc) is 0.831. The van der Waals surface area contributed by atoms with Gasteiger partial charge in [0, 0.05) is 32.7 Å². The molecule has 0 aromatic carbocycles. The van der Waals surface area contributed by atoms with Gasteiger partial charge in [-0.2, -0.15) is 21.6 Å². The van der Waals surface area contributed by atoms with Gasteiger partial charge in [-0.1, -0.05) is 46.6 Å². The van der Waals surface area contributed by atoms with E-state index in [9.17, 15) is 64.7 Å². The molecule has 720 valence electrons. The van der Waals surface area contributed by atoms with Gasteiger partial charge in [0.15, 0.2) is 90.5 Å². The van der Waals surface area contributed by atoms with Crippen LogP contribution in [0.25, 0.3) is 0 Å². The molecule has 3 aromatic rings. The van der Waals surface area contributed by atoms with Crippen LogP contribution in [0.3, 0.4) is 0 Å². The highest BCUT2D eigenvalue weighted by Crippen LogP contribution is 2.25. The largest absolute Gasteiger partial charge is 0.518 e. The molecule has 0 spiro atoms. The summed E-state index contributed by atoms with van der Waals surface area (Å²) in [7, 11) is -6.03. The number of sulfonamides is 1. The van der Waals surface area contributed by atoms with Crippen molar-refractivity contribution in [1.82, 2.24) is 77.8 Å². The van der Waals surface area contributed by atoms with Crippen LogP contribution in [0, 0.1) is 5.41 Å². The number of halogens is 7. The number of hydrogen-bond acceptors (Lipinski definition) is 39. The number of nitrogens with two attached hydrogens (primary N) is 13. The van der Waals surface area contributed by atoms with Gasteiger partial charge < -0.3 is 108 Å². The van der Waals surface area contributed by atoms with Crippen molar-refractivity contribution in [1.29, 1.82) is 5.41 Å². The van der Waals surface area contributed by atoms with Crippen LogP contribution in [0.2, 0.25) is 15.5 Å². The lowest BCUT2D eigenvalue weighted by Crippen LogP contribution is -2.48. The number of carbonyl (C=O) groups is 9. The fourth-order valence-corrected chi connectivity index (χ4v) is 7.69. The van der Waals surface area contributed by atoms with Crippen LogP contribution in [-0.2, 0) is 38.4 Å². The highest BCUT2D eigenvalue weighted by Gasteiger charge is 2.47. The zero-order valence-electron chi connectivity index (χ0n) is 73.3. The molecule has 9 amide bonds. The summed E-state index contributed by atoms with van der Waals surface area (Å²) >= 11 is 18.1. The minimum absolute atomic E-state index is 0. The maximum atomic E-state index is 12.4. The van der Waals surface area contributed by atoms with Crippen molar-refractivity contribution in [3.63, 3.8) is 0 Å². The number of aliphatic imine (C=N–C) groups is 5.